The lowest BCUT2D eigenvalue weighted by atomic mass is 9.74. The molecule has 0 aromatic rings. The molecule has 2 fully saturated rings. The molecular weight excluding hydrogens is 700 g/mol. The van der Waals surface area contributed by atoms with Crippen molar-refractivity contribution in [3.05, 3.63) is 48.3 Å². The quantitative estimate of drug-likeness (QED) is 0.0682. The number of esters is 1. The Morgan fingerprint density at radius 1 is 1.02 bits per heavy atom. The number of ketones is 2. The number of ether oxygens (including phenoxy) is 4. The summed E-state index contributed by atoms with van der Waals surface area (Å²) in [5.41, 5.74) is -0.736. The topological polar surface area (TPSA) is 149 Å². The highest BCUT2D eigenvalue weighted by atomic mass is 16.7. The molecule has 55 heavy (non-hydrogen) atoms. The number of hydrogen-bond donors (Lipinski definition) is 3. The van der Waals surface area contributed by atoms with Crippen LogP contribution in [0.2, 0.25) is 0 Å². The molecule has 2 saturated heterocycles. The summed E-state index contributed by atoms with van der Waals surface area (Å²) in [5.74, 6) is -2.72. The van der Waals surface area contributed by atoms with Crippen molar-refractivity contribution in [2.45, 2.75) is 176 Å². The summed E-state index contributed by atoms with van der Waals surface area (Å²) in [4.78, 5) is 38.1. The van der Waals surface area contributed by atoms with Crippen molar-refractivity contribution in [3.8, 4) is 0 Å². The van der Waals surface area contributed by atoms with Gasteiger partial charge in [-0.25, -0.2) is 4.79 Å². The highest BCUT2D eigenvalue weighted by Gasteiger charge is 2.56. The first kappa shape index (κ1) is 46.8. The van der Waals surface area contributed by atoms with Gasteiger partial charge >= 0.3 is 5.97 Å². The summed E-state index contributed by atoms with van der Waals surface area (Å²) in [6.07, 6.45) is 14.7. The fourth-order valence-electron chi connectivity index (χ4n) is 8.48. The molecule has 3 aliphatic heterocycles. The van der Waals surface area contributed by atoms with Gasteiger partial charge in [0.1, 0.15) is 18.0 Å². The zero-order valence-electron chi connectivity index (χ0n) is 35.4. The van der Waals surface area contributed by atoms with Gasteiger partial charge in [-0.05, 0) is 77.0 Å². The van der Waals surface area contributed by atoms with Gasteiger partial charge in [0.25, 0.3) is 0 Å². The summed E-state index contributed by atoms with van der Waals surface area (Å²) in [6.45, 7) is 20.7. The molecule has 3 aliphatic rings. The van der Waals surface area contributed by atoms with E-state index in [9.17, 15) is 29.7 Å². The second-order valence-corrected chi connectivity index (χ2v) is 17.2. The third-order valence-electron chi connectivity index (χ3n) is 12.7. The van der Waals surface area contributed by atoms with Crippen molar-refractivity contribution in [3.63, 3.8) is 0 Å². The van der Waals surface area contributed by atoms with Gasteiger partial charge in [-0.3, -0.25) is 9.59 Å². The molecule has 0 amide bonds. The molecule has 0 aromatic heterocycles. The molecule has 0 saturated carbocycles. The van der Waals surface area contributed by atoms with E-state index in [-0.39, 0.29) is 53.4 Å². The molecule has 3 N–H and O–H groups in total. The predicted molar refractivity (Wildman–Crippen MR) is 213 cm³/mol. The van der Waals surface area contributed by atoms with E-state index in [2.05, 4.69) is 26.8 Å². The first-order chi connectivity index (χ1) is 25.8. The SMILES string of the molecule is CCC(=O)[C@@H](C)[C@H](O)[C@@H](C)/C=C/C(=O)O[C@@H]1[C@H](C)[C@H](CC[C@H](/C=C/C=C/C[C@@H](C)[C@H](O)[C@@]2(C)OC=C(C)C2=O)CC)O[C@]2(CC[C@H](C)[C@H](C[C@@H](C)O)O2)[C@H]1C. The first-order valence-electron chi connectivity index (χ1n) is 20.9. The lowest BCUT2D eigenvalue weighted by Gasteiger charge is -2.55. The number of aliphatic hydroxyl groups excluding tert-OH is 3. The van der Waals surface area contributed by atoms with E-state index in [1.54, 1.807) is 47.6 Å². The average molecular weight is 773 g/mol. The Bertz CT molecular complexity index is 1400. The van der Waals surface area contributed by atoms with Crippen molar-refractivity contribution >= 4 is 17.5 Å². The summed E-state index contributed by atoms with van der Waals surface area (Å²) < 4.78 is 25.6. The van der Waals surface area contributed by atoms with Crippen molar-refractivity contribution in [1.82, 2.24) is 0 Å². The fourth-order valence-corrected chi connectivity index (χ4v) is 8.48. The molecule has 0 unspecified atom stereocenters. The summed E-state index contributed by atoms with van der Waals surface area (Å²) in [6, 6.07) is 0. The van der Waals surface area contributed by atoms with Crippen LogP contribution in [0.3, 0.4) is 0 Å². The van der Waals surface area contributed by atoms with Crippen LogP contribution in [0.15, 0.2) is 48.3 Å². The molecule has 15 atom stereocenters. The number of rotatable bonds is 19. The van der Waals surface area contributed by atoms with Gasteiger partial charge < -0.3 is 34.3 Å². The van der Waals surface area contributed by atoms with E-state index in [1.165, 1.54) is 12.3 Å². The molecule has 0 aromatic carbocycles. The molecule has 3 heterocycles. The monoisotopic (exact) mass is 773 g/mol. The number of aliphatic hydroxyl groups is 3. The van der Waals surface area contributed by atoms with Crippen LogP contribution in [0.25, 0.3) is 0 Å². The van der Waals surface area contributed by atoms with E-state index in [1.807, 2.05) is 32.1 Å². The number of allylic oxidation sites excluding steroid dienone is 4. The number of hydrogen-bond acceptors (Lipinski definition) is 10. The minimum atomic E-state index is -1.25. The summed E-state index contributed by atoms with van der Waals surface area (Å²) >= 11 is 0. The molecular formula is C45H72O10. The van der Waals surface area contributed by atoms with Gasteiger partial charge in [0.2, 0.25) is 5.78 Å². The maximum atomic E-state index is 13.4. The molecule has 10 heteroatoms. The molecule has 0 radical (unpaired) electrons. The van der Waals surface area contributed by atoms with Gasteiger partial charge in [0, 0.05) is 48.2 Å². The van der Waals surface area contributed by atoms with E-state index >= 15 is 0 Å². The Hall–Kier alpha value is -2.63. The molecule has 3 rings (SSSR count). The highest BCUT2D eigenvalue weighted by Crippen LogP contribution is 2.49. The van der Waals surface area contributed by atoms with Crippen molar-refractivity contribution in [2.24, 2.45) is 41.4 Å². The van der Waals surface area contributed by atoms with Gasteiger partial charge in [-0.15, -0.1) is 0 Å². The second kappa shape index (κ2) is 20.7. The van der Waals surface area contributed by atoms with Crippen LogP contribution >= 0.6 is 0 Å². The zero-order chi connectivity index (χ0) is 41.2. The number of carbonyl (C=O) groups excluding carboxylic acids is 3. The molecule has 0 aliphatic carbocycles. The van der Waals surface area contributed by atoms with E-state index in [4.69, 9.17) is 18.9 Å². The lowest BCUT2D eigenvalue weighted by Crippen LogP contribution is -2.62. The first-order valence-corrected chi connectivity index (χ1v) is 20.9. The Morgan fingerprint density at radius 2 is 1.69 bits per heavy atom. The van der Waals surface area contributed by atoms with Crippen LogP contribution < -0.4 is 0 Å². The van der Waals surface area contributed by atoms with Gasteiger partial charge in [0.05, 0.1) is 30.7 Å². The molecule has 10 nitrogen and oxygen atoms in total. The second-order valence-electron chi connectivity index (χ2n) is 17.2. The van der Waals surface area contributed by atoms with E-state index in [0.29, 0.717) is 31.3 Å². The van der Waals surface area contributed by atoms with Crippen molar-refractivity contribution < 1.29 is 48.7 Å². The highest BCUT2D eigenvalue weighted by molar-refractivity contribution is 6.03. The summed E-state index contributed by atoms with van der Waals surface area (Å²) in [5, 5.41) is 31.9. The average Bonchev–Trinajstić information content (AvgIpc) is 3.42. The zero-order valence-corrected chi connectivity index (χ0v) is 35.4. The van der Waals surface area contributed by atoms with Crippen LogP contribution in [0.4, 0.5) is 0 Å². The van der Waals surface area contributed by atoms with Crippen LogP contribution in [0.5, 0.6) is 0 Å². The minimum Gasteiger partial charge on any atom is -0.484 e. The Balaban J connectivity index is 1.72. The van der Waals surface area contributed by atoms with Crippen molar-refractivity contribution in [2.75, 3.05) is 0 Å². The largest absolute Gasteiger partial charge is 0.484 e. The standard InChI is InChI=1S/C45H72O10/c1-12-35(18-16-14-15-17-29(5)42(50)44(11)43(51)30(6)26-52-44)20-21-37-33(9)41(53-39(48)22-19-28(4)40(49)32(8)36(47)13-2)34(10)45(54-37)24-23-27(3)38(55-45)25-31(7)46/h14-16,18-19,22,26-29,31-35,37-38,40-42,46,49-50H,12-13,17,20-21,23-25H2,1-11H3/b15-14+,18-16+,22-19+/t27-,28-,29+,31+,32+,33+,34-,35-,37-,38-,40+,41+,42-,44+,45-/m0/s1. The van der Waals surface area contributed by atoms with Crippen molar-refractivity contribution in [1.29, 1.82) is 0 Å². The lowest BCUT2D eigenvalue weighted by molar-refractivity contribution is -0.371. The van der Waals surface area contributed by atoms with Gasteiger partial charge in [-0.2, -0.15) is 0 Å². The predicted octanol–water partition coefficient (Wildman–Crippen LogP) is 7.59. The van der Waals surface area contributed by atoms with Crippen LogP contribution in [0, 0.1) is 41.4 Å². The maximum absolute atomic E-state index is 13.4. The van der Waals surface area contributed by atoms with Crippen LogP contribution in [-0.2, 0) is 33.3 Å². The third-order valence-corrected chi connectivity index (χ3v) is 12.7. The van der Waals surface area contributed by atoms with Gasteiger partial charge in [0.15, 0.2) is 11.4 Å². The summed E-state index contributed by atoms with van der Waals surface area (Å²) in [7, 11) is 0. The smallest absolute Gasteiger partial charge is 0.330 e. The Kier molecular flexibility index (Phi) is 17.6. The van der Waals surface area contributed by atoms with Crippen LogP contribution in [0.1, 0.15) is 128 Å². The number of Topliss-reactive ketones (excluding diaryl/α,β-unsaturated/α-hetero) is 2. The normalized spacial score (nSPS) is 34.0. The molecule has 0 bridgehead atoms. The van der Waals surface area contributed by atoms with Crippen LogP contribution in [-0.4, -0.2) is 80.9 Å². The fraction of sp³-hybridized carbons (Fsp3) is 0.756. The van der Waals surface area contributed by atoms with Gasteiger partial charge in [-0.1, -0.05) is 85.8 Å². The third kappa shape index (κ3) is 11.7. The van der Waals surface area contributed by atoms with E-state index in [0.717, 1.165) is 25.7 Å². The number of carbonyl (C=O) groups is 3. The Morgan fingerprint density at radius 3 is 2.29 bits per heavy atom. The molecule has 312 valence electrons. The molecule has 1 spiro atoms. The minimum absolute atomic E-state index is 0.0251. The van der Waals surface area contributed by atoms with E-state index < -0.39 is 53.6 Å². The Labute approximate surface area is 330 Å². The maximum Gasteiger partial charge on any atom is 0.330 e.